The van der Waals surface area contributed by atoms with E-state index < -0.39 is 0 Å². The Balaban J connectivity index is 2.21. The fourth-order valence-electron chi connectivity index (χ4n) is 1.31. The highest BCUT2D eigenvalue weighted by Gasteiger charge is 2.09. The lowest BCUT2D eigenvalue weighted by Gasteiger charge is -1.99. The molecule has 0 amide bonds. The number of aromatic hydroxyl groups is 1. The molecule has 17 heavy (non-hydrogen) atoms. The van der Waals surface area contributed by atoms with Gasteiger partial charge in [0.15, 0.2) is 5.82 Å². The van der Waals surface area contributed by atoms with Crippen molar-refractivity contribution in [3.63, 3.8) is 0 Å². The van der Waals surface area contributed by atoms with Gasteiger partial charge in [0.2, 0.25) is 0 Å². The molecule has 6 heteroatoms. The molecule has 1 aromatic carbocycles. The summed E-state index contributed by atoms with van der Waals surface area (Å²) in [5.74, 6) is 2.88. The summed E-state index contributed by atoms with van der Waals surface area (Å²) in [6.45, 7) is 2.08. The molecule has 0 bridgehead atoms. The molecule has 1 heterocycles. The van der Waals surface area contributed by atoms with Crippen LogP contribution in [0.2, 0.25) is 0 Å². The summed E-state index contributed by atoms with van der Waals surface area (Å²) in [4.78, 5) is 4.25. The second-order valence-corrected chi connectivity index (χ2v) is 4.70. The number of benzene rings is 1. The zero-order valence-corrected chi connectivity index (χ0v) is 10.2. The Bertz CT molecular complexity index is 513. The van der Waals surface area contributed by atoms with Gasteiger partial charge in [0.1, 0.15) is 5.75 Å². The van der Waals surface area contributed by atoms with Gasteiger partial charge >= 0.3 is 0 Å². The SMILES string of the molecule is CCSCc1noc(-c2ccc(O)c(N)c2)n1. The van der Waals surface area contributed by atoms with Gasteiger partial charge < -0.3 is 15.4 Å². The fourth-order valence-corrected chi connectivity index (χ4v) is 1.81. The van der Waals surface area contributed by atoms with Gasteiger partial charge in [0, 0.05) is 5.56 Å². The number of hydrogen-bond donors (Lipinski definition) is 2. The first-order valence-electron chi connectivity index (χ1n) is 5.20. The minimum Gasteiger partial charge on any atom is -0.506 e. The normalized spacial score (nSPS) is 10.6. The molecule has 0 saturated carbocycles. The summed E-state index contributed by atoms with van der Waals surface area (Å²) in [6, 6.07) is 4.81. The van der Waals surface area contributed by atoms with Gasteiger partial charge in [0.05, 0.1) is 11.4 Å². The van der Waals surface area contributed by atoms with Crippen LogP contribution in [0.3, 0.4) is 0 Å². The van der Waals surface area contributed by atoms with Gasteiger partial charge in [-0.3, -0.25) is 0 Å². The van der Waals surface area contributed by atoms with Crippen LogP contribution >= 0.6 is 11.8 Å². The zero-order chi connectivity index (χ0) is 12.3. The van der Waals surface area contributed by atoms with Gasteiger partial charge in [-0.25, -0.2) is 0 Å². The third kappa shape index (κ3) is 2.71. The second kappa shape index (κ2) is 5.09. The van der Waals surface area contributed by atoms with Crippen LogP contribution in [0.5, 0.6) is 5.75 Å². The molecule has 0 atom stereocenters. The average molecular weight is 251 g/mol. The van der Waals surface area contributed by atoms with Crippen LogP contribution < -0.4 is 5.73 Å². The summed E-state index contributed by atoms with van der Waals surface area (Å²) >= 11 is 1.73. The van der Waals surface area contributed by atoms with Crippen molar-refractivity contribution in [2.24, 2.45) is 0 Å². The van der Waals surface area contributed by atoms with E-state index in [-0.39, 0.29) is 5.75 Å². The average Bonchev–Trinajstić information content (AvgIpc) is 2.79. The van der Waals surface area contributed by atoms with Crippen LogP contribution in [0.25, 0.3) is 11.5 Å². The van der Waals surface area contributed by atoms with E-state index in [4.69, 9.17) is 10.3 Å². The maximum Gasteiger partial charge on any atom is 0.258 e. The third-order valence-corrected chi connectivity index (χ3v) is 3.05. The number of nitrogens with two attached hydrogens (primary N) is 1. The van der Waals surface area contributed by atoms with Crippen LogP contribution in [0.4, 0.5) is 5.69 Å². The standard InChI is InChI=1S/C11H13N3O2S/c1-2-17-6-10-13-11(16-14-10)7-3-4-9(15)8(12)5-7/h3-5,15H,2,6,12H2,1H3. The molecular formula is C11H13N3O2S. The van der Waals surface area contributed by atoms with E-state index in [1.54, 1.807) is 23.9 Å². The van der Waals surface area contributed by atoms with Crippen LogP contribution in [-0.4, -0.2) is 21.0 Å². The maximum absolute atomic E-state index is 9.32. The predicted molar refractivity (Wildman–Crippen MR) is 67.6 cm³/mol. The number of anilines is 1. The van der Waals surface area contributed by atoms with Crippen molar-refractivity contribution in [2.45, 2.75) is 12.7 Å². The first-order valence-corrected chi connectivity index (χ1v) is 6.35. The number of hydrogen-bond acceptors (Lipinski definition) is 6. The van der Waals surface area contributed by atoms with Crippen LogP contribution in [0.15, 0.2) is 22.7 Å². The maximum atomic E-state index is 9.32. The van der Waals surface area contributed by atoms with Crippen LogP contribution in [0, 0.1) is 0 Å². The van der Waals surface area contributed by atoms with E-state index in [9.17, 15) is 5.11 Å². The van der Waals surface area contributed by atoms with Gasteiger partial charge in [-0.1, -0.05) is 12.1 Å². The predicted octanol–water partition coefficient (Wildman–Crippen LogP) is 2.28. The number of rotatable bonds is 4. The van der Waals surface area contributed by atoms with Gasteiger partial charge in [-0.15, -0.1) is 0 Å². The largest absolute Gasteiger partial charge is 0.506 e. The van der Waals surface area contributed by atoms with Crippen molar-refractivity contribution in [2.75, 3.05) is 11.5 Å². The second-order valence-electron chi connectivity index (χ2n) is 3.43. The molecule has 0 saturated heterocycles. The number of phenolic OH excluding ortho intramolecular Hbond substituents is 1. The Morgan fingerprint density at radius 1 is 1.47 bits per heavy atom. The van der Waals surface area contributed by atoms with Crippen molar-refractivity contribution in [3.8, 4) is 17.2 Å². The summed E-state index contributed by atoms with van der Waals surface area (Å²) in [6.07, 6.45) is 0. The minimum atomic E-state index is 0.0510. The Kier molecular flexibility index (Phi) is 3.53. The first kappa shape index (κ1) is 11.8. The van der Waals surface area contributed by atoms with Crippen molar-refractivity contribution in [1.29, 1.82) is 0 Å². The van der Waals surface area contributed by atoms with Crippen molar-refractivity contribution < 1.29 is 9.63 Å². The Hall–Kier alpha value is -1.69. The zero-order valence-electron chi connectivity index (χ0n) is 9.38. The molecule has 90 valence electrons. The lowest BCUT2D eigenvalue weighted by Crippen LogP contribution is -1.87. The molecule has 0 aliphatic carbocycles. The number of phenols is 1. The summed E-state index contributed by atoms with van der Waals surface area (Å²) in [7, 11) is 0. The number of nitrogen functional groups attached to an aromatic ring is 1. The number of nitrogens with zero attached hydrogens (tertiary/aromatic N) is 2. The van der Waals surface area contributed by atoms with E-state index in [2.05, 4.69) is 17.1 Å². The highest BCUT2D eigenvalue weighted by molar-refractivity contribution is 7.98. The Morgan fingerprint density at radius 3 is 3.00 bits per heavy atom. The monoisotopic (exact) mass is 251 g/mol. The topological polar surface area (TPSA) is 85.2 Å². The van der Waals surface area contributed by atoms with E-state index in [0.717, 1.165) is 11.5 Å². The van der Waals surface area contributed by atoms with Crippen molar-refractivity contribution >= 4 is 17.4 Å². The summed E-state index contributed by atoms with van der Waals surface area (Å²) in [5, 5.41) is 13.2. The molecule has 2 rings (SSSR count). The molecule has 2 aromatic rings. The van der Waals surface area contributed by atoms with E-state index >= 15 is 0 Å². The Labute approximate surface area is 103 Å². The van der Waals surface area contributed by atoms with Crippen LogP contribution in [0.1, 0.15) is 12.7 Å². The highest BCUT2D eigenvalue weighted by atomic mass is 32.2. The van der Waals surface area contributed by atoms with E-state index in [1.165, 1.54) is 6.07 Å². The number of aromatic nitrogens is 2. The fraction of sp³-hybridized carbons (Fsp3) is 0.273. The summed E-state index contributed by atoms with van der Waals surface area (Å²) in [5.41, 5.74) is 6.61. The van der Waals surface area contributed by atoms with Crippen LogP contribution in [-0.2, 0) is 5.75 Å². The van der Waals surface area contributed by atoms with E-state index in [1.807, 2.05) is 0 Å². The lowest BCUT2D eigenvalue weighted by atomic mass is 10.2. The molecule has 0 spiro atoms. The summed E-state index contributed by atoms with van der Waals surface area (Å²) < 4.78 is 5.13. The van der Waals surface area contributed by atoms with Crippen molar-refractivity contribution in [3.05, 3.63) is 24.0 Å². The van der Waals surface area contributed by atoms with Gasteiger partial charge in [-0.2, -0.15) is 16.7 Å². The van der Waals surface area contributed by atoms with E-state index in [0.29, 0.717) is 23.0 Å². The molecule has 0 unspecified atom stereocenters. The first-order chi connectivity index (χ1) is 8.20. The molecule has 5 nitrogen and oxygen atoms in total. The smallest absolute Gasteiger partial charge is 0.258 e. The highest BCUT2D eigenvalue weighted by Crippen LogP contribution is 2.26. The van der Waals surface area contributed by atoms with Crippen molar-refractivity contribution in [1.82, 2.24) is 10.1 Å². The lowest BCUT2D eigenvalue weighted by molar-refractivity contribution is 0.425. The molecule has 3 N–H and O–H groups in total. The third-order valence-electron chi connectivity index (χ3n) is 2.18. The van der Waals surface area contributed by atoms with Gasteiger partial charge in [0.25, 0.3) is 5.89 Å². The molecular weight excluding hydrogens is 238 g/mol. The molecule has 0 aliphatic heterocycles. The molecule has 0 fully saturated rings. The molecule has 0 radical (unpaired) electrons. The van der Waals surface area contributed by atoms with Gasteiger partial charge in [-0.05, 0) is 24.0 Å². The number of thioether (sulfide) groups is 1. The quantitative estimate of drug-likeness (QED) is 0.640. The molecule has 0 aliphatic rings. The minimum absolute atomic E-state index is 0.0510. The molecule has 1 aromatic heterocycles. The Morgan fingerprint density at radius 2 is 2.29 bits per heavy atom.